The second-order valence-corrected chi connectivity index (χ2v) is 5.30. The number of rotatable bonds is 4. The van der Waals surface area contributed by atoms with Gasteiger partial charge in [0.25, 0.3) is 5.91 Å². The van der Waals surface area contributed by atoms with E-state index in [2.05, 4.69) is 22.4 Å². The van der Waals surface area contributed by atoms with Crippen LogP contribution in [-0.2, 0) is 6.42 Å². The molecule has 3 rings (SSSR count). The second-order valence-electron chi connectivity index (χ2n) is 5.30. The van der Waals surface area contributed by atoms with Gasteiger partial charge in [-0.1, -0.05) is 36.4 Å². The fourth-order valence-electron chi connectivity index (χ4n) is 2.58. The maximum absolute atomic E-state index is 12.1. The van der Waals surface area contributed by atoms with Crippen LogP contribution in [0.3, 0.4) is 0 Å². The summed E-state index contributed by atoms with van der Waals surface area (Å²) in [6.07, 6.45) is 2.83. The van der Waals surface area contributed by atoms with Crippen LogP contribution in [0.5, 0.6) is 0 Å². The summed E-state index contributed by atoms with van der Waals surface area (Å²) in [5, 5.41) is 4.27. The second kappa shape index (κ2) is 5.83. The van der Waals surface area contributed by atoms with Gasteiger partial charge in [-0.05, 0) is 37.1 Å². The molecule has 0 aliphatic heterocycles. The van der Waals surface area contributed by atoms with E-state index in [0.717, 1.165) is 11.9 Å². The Hall–Kier alpha value is -2.55. The van der Waals surface area contributed by atoms with Crippen molar-refractivity contribution in [3.8, 4) is 0 Å². The summed E-state index contributed by atoms with van der Waals surface area (Å²) in [4.78, 5) is 15.4. The van der Waals surface area contributed by atoms with Gasteiger partial charge < -0.3 is 10.3 Å². The van der Waals surface area contributed by atoms with Crippen LogP contribution in [0.1, 0.15) is 22.8 Å². The number of nitrogens with one attached hydrogen (secondary N) is 2. The van der Waals surface area contributed by atoms with Crippen molar-refractivity contribution in [1.82, 2.24) is 10.3 Å². The fraction of sp³-hybridized carbons (Fsp3) is 0.167. The summed E-state index contributed by atoms with van der Waals surface area (Å²) in [6, 6.07) is 17.6. The molecular formula is C18H18N2O. The molecule has 0 saturated heterocycles. The lowest BCUT2D eigenvalue weighted by Gasteiger charge is -2.13. The van der Waals surface area contributed by atoms with E-state index in [-0.39, 0.29) is 11.9 Å². The Morgan fingerprint density at radius 2 is 1.81 bits per heavy atom. The summed E-state index contributed by atoms with van der Waals surface area (Å²) in [5.74, 6) is -0.0251. The molecular weight excluding hydrogens is 260 g/mol. The number of carbonyl (C=O) groups excluding carboxylic acids is 1. The van der Waals surface area contributed by atoms with Crippen molar-refractivity contribution in [1.29, 1.82) is 0 Å². The van der Waals surface area contributed by atoms with Crippen LogP contribution in [-0.4, -0.2) is 16.9 Å². The maximum atomic E-state index is 12.1. The van der Waals surface area contributed by atoms with Gasteiger partial charge in [0.05, 0.1) is 0 Å². The number of benzene rings is 2. The highest BCUT2D eigenvalue weighted by Gasteiger charge is 2.12. The van der Waals surface area contributed by atoms with Crippen molar-refractivity contribution in [2.45, 2.75) is 19.4 Å². The molecule has 3 heteroatoms. The number of hydrogen-bond acceptors (Lipinski definition) is 1. The Balaban J connectivity index is 1.69. The van der Waals surface area contributed by atoms with Gasteiger partial charge in [0.15, 0.2) is 0 Å². The lowest BCUT2D eigenvalue weighted by atomic mass is 10.1. The topological polar surface area (TPSA) is 44.9 Å². The minimum Gasteiger partial charge on any atom is -0.361 e. The third-order valence-electron chi connectivity index (χ3n) is 3.61. The molecule has 0 fully saturated rings. The molecule has 2 aromatic carbocycles. The molecule has 1 heterocycles. The number of aromatic amines is 1. The minimum atomic E-state index is -0.0251. The zero-order valence-electron chi connectivity index (χ0n) is 12.0. The standard InChI is InChI=1S/C18H18N2O/c1-13(20-18(21)14-7-3-2-4-8-14)11-15-12-19-17-10-6-5-9-16(15)17/h2-10,12-13,19H,11H2,1H3,(H,20,21)/t13-/m1/s1. The lowest BCUT2D eigenvalue weighted by molar-refractivity contribution is 0.0940. The Morgan fingerprint density at radius 1 is 1.10 bits per heavy atom. The average molecular weight is 278 g/mol. The van der Waals surface area contributed by atoms with Crippen molar-refractivity contribution in [2.24, 2.45) is 0 Å². The van der Waals surface area contributed by atoms with Gasteiger partial charge in [-0.2, -0.15) is 0 Å². The quantitative estimate of drug-likeness (QED) is 0.753. The summed E-state index contributed by atoms with van der Waals surface area (Å²) < 4.78 is 0. The zero-order valence-corrected chi connectivity index (χ0v) is 12.0. The molecule has 3 aromatic rings. The van der Waals surface area contributed by atoms with Gasteiger partial charge in [0.2, 0.25) is 0 Å². The number of carbonyl (C=O) groups is 1. The molecule has 0 spiro atoms. The summed E-state index contributed by atoms with van der Waals surface area (Å²) in [7, 11) is 0. The number of amides is 1. The van der Waals surface area contributed by atoms with Crippen molar-refractivity contribution in [2.75, 3.05) is 0 Å². The number of para-hydroxylation sites is 1. The van der Waals surface area contributed by atoms with E-state index in [0.29, 0.717) is 5.56 Å². The van der Waals surface area contributed by atoms with Crippen molar-refractivity contribution in [3.05, 3.63) is 71.9 Å². The molecule has 1 amide bonds. The normalized spacial score (nSPS) is 12.2. The summed E-state index contributed by atoms with van der Waals surface area (Å²) in [5.41, 5.74) is 3.06. The first kappa shape index (κ1) is 13.4. The molecule has 2 N–H and O–H groups in total. The number of H-pyrrole nitrogens is 1. The van der Waals surface area contributed by atoms with Gasteiger partial charge in [0.1, 0.15) is 0 Å². The van der Waals surface area contributed by atoms with E-state index >= 15 is 0 Å². The Morgan fingerprint density at radius 3 is 2.62 bits per heavy atom. The van der Waals surface area contributed by atoms with Crippen LogP contribution in [0.25, 0.3) is 10.9 Å². The van der Waals surface area contributed by atoms with Gasteiger partial charge in [-0.15, -0.1) is 0 Å². The van der Waals surface area contributed by atoms with Crippen LogP contribution >= 0.6 is 0 Å². The van der Waals surface area contributed by atoms with Crippen molar-refractivity contribution < 1.29 is 4.79 Å². The summed E-state index contributed by atoms with van der Waals surface area (Å²) in [6.45, 7) is 2.03. The SMILES string of the molecule is C[C@H](Cc1c[nH]c2ccccc12)NC(=O)c1ccccc1. The molecule has 0 unspecified atom stereocenters. The molecule has 0 radical (unpaired) electrons. The van der Waals surface area contributed by atoms with E-state index in [1.807, 2.05) is 55.6 Å². The fourth-order valence-corrected chi connectivity index (χ4v) is 2.58. The van der Waals surface area contributed by atoms with E-state index < -0.39 is 0 Å². The molecule has 0 saturated carbocycles. The van der Waals surface area contributed by atoms with E-state index in [4.69, 9.17) is 0 Å². The maximum Gasteiger partial charge on any atom is 0.251 e. The molecule has 0 aliphatic rings. The molecule has 0 bridgehead atoms. The average Bonchev–Trinajstić information content (AvgIpc) is 2.91. The third kappa shape index (κ3) is 2.97. The van der Waals surface area contributed by atoms with Gasteiger partial charge in [-0.3, -0.25) is 4.79 Å². The Labute approximate surface area is 124 Å². The lowest BCUT2D eigenvalue weighted by Crippen LogP contribution is -2.33. The molecule has 0 aliphatic carbocycles. The van der Waals surface area contributed by atoms with E-state index in [1.165, 1.54) is 10.9 Å². The predicted molar refractivity (Wildman–Crippen MR) is 85.4 cm³/mol. The molecule has 106 valence electrons. The highest BCUT2D eigenvalue weighted by atomic mass is 16.1. The van der Waals surface area contributed by atoms with Crippen LogP contribution in [0.4, 0.5) is 0 Å². The predicted octanol–water partition coefficient (Wildman–Crippen LogP) is 3.53. The van der Waals surface area contributed by atoms with Crippen LogP contribution in [0.2, 0.25) is 0 Å². The largest absolute Gasteiger partial charge is 0.361 e. The first-order chi connectivity index (χ1) is 10.2. The third-order valence-corrected chi connectivity index (χ3v) is 3.61. The van der Waals surface area contributed by atoms with Crippen LogP contribution < -0.4 is 5.32 Å². The molecule has 21 heavy (non-hydrogen) atoms. The number of aromatic nitrogens is 1. The number of fused-ring (bicyclic) bond motifs is 1. The monoisotopic (exact) mass is 278 g/mol. The van der Waals surface area contributed by atoms with Gasteiger partial charge in [0, 0.05) is 28.7 Å². The molecule has 1 aromatic heterocycles. The van der Waals surface area contributed by atoms with Crippen LogP contribution in [0, 0.1) is 0 Å². The number of hydrogen-bond donors (Lipinski definition) is 2. The highest BCUT2D eigenvalue weighted by Crippen LogP contribution is 2.19. The first-order valence-corrected chi connectivity index (χ1v) is 7.15. The van der Waals surface area contributed by atoms with Crippen molar-refractivity contribution >= 4 is 16.8 Å². The Kier molecular flexibility index (Phi) is 3.73. The summed E-state index contributed by atoms with van der Waals surface area (Å²) >= 11 is 0. The van der Waals surface area contributed by atoms with Crippen LogP contribution in [0.15, 0.2) is 60.8 Å². The first-order valence-electron chi connectivity index (χ1n) is 7.15. The Bertz CT molecular complexity index is 746. The molecule has 3 nitrogen and oxygen atoms in total. The minimum absolute atomic E-state index is 0.0251. The van der Waals surface area contributed by atoms with Gasteiger partial charge >= 0.3 is 0 Å². The van der Waals surface area contributed by atoms with E-state index in [9.17, 15) is 4.79 Å². The zero-order chi connectivity index (χ0) is 14.7. The van der Waals surface area contributed by atoms with Crippen molar-refractivity contribution in [3.63, 3.8) is 0 Å². The highest BCUT2D eigenvalue weighted by molar-refractivity contribution is 5.94. The molecule has 1 atom stereocenters. The van der Waals surface area contributed by atoms with Gasteiger partial charge in [-0.25, -0.2) is 0 Å². The smallest absolute Gasteiger partial charge is 0.251 e. The van der Waals surface area contributed by atoms with E-state index in [1.54, 1.807) is 0 Å².